The fraction of sp³-hybridized carbons (Fsp3) is 0.368. The summed E-state index contributed by atoms with van der Waals surface area (Å²) in [6.07, 6.45) is 1.31. The monoisotopic (exact) mass is 344 g/mol. The van der Waals surface area contributed by atoms with E-state index < -0.39 is 0 Å². The molecule has 1 nitrogen and oxygen atoms in total. The lowest BCUT2D eigenvalue weighted by atomic mass is 9.97. The number of benzene rings is 2. The van der Waals surface area contributed by atoms with Gasteiger partial charge in [-0.25, -0.2) is 0 Å². The molecule has 2 aromatic rings. The van der Waals surface area contributed by atoms with Crippen molar-refractivity contribution in [3.05, 3.63) is 64.7 Å². The summed E-state index contributed by atoms with van der Waals surface area (Å²) < 4.78 is 5.77. The van der Waals surface area contributed by atoms with Gasteiger partial charge in [0.1, 0.15) is 11.9 Å². The Morgan fingerprint density at radius 1 is 1.00 bits per heavy atom. The Bertz CT molecular complexity index is 631. The molecule has 0 N–H and O–H groups in total. The second-order valence-electron chi connectivity index (χ2n) is 6.18. The molecule has 0 saturated heterocycles. The molecule has 2 aromatic carbocycles. The number of halogens is 1. The average molecular weight is 345 g/mol. The van der Waals surface area contributed by atoms with E-state index in [0.29, 0.717) is 12.0 Å². The number of alkyl halides is 1. The van der Waals surface area contributed by atoms with Crippen LogP contribution in [0.4, 0.5) is 0 Å². The van der Waals surface area contributed by atoms with Crippen LogP contribution in [0.1, 0.15) is 53.8 Å². The second-order valence-corrected chi connectivity index (χ2v) is 7.10. The summed E-state index contributed by atoms with van der Waals surface area (Å²) in [4.78, 5) is 0.236. The SMILES string of the molecule is CC1Cc2cc(C(Br)c3ccc(C(C)C)cc3)ccc2O1. The van der Waals surface area contributed by atoms with Gasteiger partial charge in [0.05, 0.1) is 4.83 Å². The molecule has 21 heavy (non-hydrogen) atoms. The summed E-state index contributed by atoms with van der Waals surface area (Å²) in [6, 6.07) is 15.4. The molecule has 2 unspecified atom stereocenters. The van der Waals surface area contributed by atoms with Crippen molar-refractivity contribution < 1.29 is 4.74 Å². The minimum atomic E-state index is 0.236. The van der Waals surface area contributed by atoms with E-state index in [1.807, 2.05) is 0 Å². The molecular weight excluding hydrogens is 324 g/mol. The number of rotatable bonds is 3. The Morgan fingerprint density at radius 3 is 2.29 bits per heavy atom. The van der Waals surface area contributed by atoms with Crippen LogP contribution >= 0.6 is 15.9 Å². The van der Waals surface area contributed by atoms with Crippen LogP contribution in [0.25, 0.3) is 0 Å². The molecule has 2 atom stereocenters. The highest BCUT2D eigenvalue weighted by Gasteiger charge is 2.21. The molecule has 0 radical (unpaired) electrons. The van der Waals surface area contributed by atoms with E-state index in [9.17, 15) is 0 Å². The van der Waals surface area contributed by atoms with Crippen LogP contribution in [0.5, 0.6) is 5.75 Å². The highest BCUT2D eigenvalue weighted by Crippen LogP contribution is 2.36. The van der Waals surface area contributed by atoms with Gasteiger partial charge in [-0.2, -0.15) is 0 Å². The zero-order valence-electron chi connectivity index (χ0n) is 12.8. The maximum absolute atomic E-state index is 5.77. The molecule has 2 heteroatoms. The summed E-state index contributed by atoms with van der Waals surface area (Å²) in [5.41, 5.74) is 5.30. The quantitative estimate of drug-likeness (QED) is 0.656. The molecular formula is C19H21BrO. The fourth-order valence-corrected chi connectivity index (χ4v) is 3.43. The Labute approximate surface area is 135 Å². The summed E-state index contributed by atoms with van der Waals surface area (Å²) in [6.45, 7) is 6.57. The maximum Gasteiger partial charge on any atom is 0.123 e. The molecule has 0 aliphatic carbocycles. The average Bonchev–Trinajstić information content (AvgIpc) is 2.85. The van der Waals surface area contributed by atoms with Crippen molar-refractivity contribution in [1.82, 2.24) is 0 Å². The van der Waals surface area contributed by atoms with E-state index in [1.165, 1.54) is 22.3 Å². The standard InChI is InChI=1S/C19H21BrO/c1-12(2)14-4-6-15(7-5-14)19(20)16-8-9-18-17(11-16)10-13(3)21-18/h4-9,11-13,19H,10H2,1-3H3. The first-order chi connectivity index (χ1) is 10.0. The van der Waals surface area contributed by atoms with Gasteiger partial charge in [-0.05, 0) is 41.2 Å². The van der Waals surface area contributed by atoms with Crippen molar-refractivity contribution in [2.45, 2.75) is 44.0 Å². The van der Waals surface area contributed by atoms with Crippen LogP contribution in [0.15, 0.2) is 42.5 Å². The molecule has 0 amide bonds. The van der Waals surface area contributed by atoms with Crippen LogP contribution < -0.4 is 4.74 Å². The van der Waals surface area contributed by atoms with Crippen molar-refractivity contribution in [2.75, 3.05) is 0 Å². The highest BCUT2D eigenvalue weighted by atomic mass is 79.9. The largest absolute Gasteiger partial charge is 0.490 e. The van der Waals surface area contributed by atoms with E-state index in [0.717, 1.165) is 12.2 Å². The predicted octanol–water partition coefficient (Wildman–Crippen LogP) is 5.62. The molecule has 1 heterocycles. The van der Waals surface area contributed by atoms with Gasteiger partial charge in [0.25, 0.3) is 0 Å². The minimum Gasteiger partial charge on any atom is -0.490 e. The van der Waals surface area contributed by atoms with Crippen LogP contribution in [0, 0.1) is 0 Å². The molecule has 0 aromatic heterocycles. The van der Waals surface area contributed by atoms with Crippen molar-refractivity contribution in [1.29, 1.82) is 0 Å². The van der Waals surface area contributed by atoms with Gasteiger partial charge in [0, 0.05) is 6.42 Å². The van der Waals surface area contributed by atoms with Gasteiger partial charge in [-0.15, -0.1) is 0 Å². The molecule has 3 rings (SSSR count). The fourth-order valence-electron chi connectivity index (χ4n) is 2.84. The zero-order valence-corrected chi connectivity index (χ0v) is 14.4. The number of hydrogen-bond donors (Lipinski definition) is 0. The Hall–Kier alpha value is -1.28. The lowest BCUT2D eigenvalue weighted by Crippen LogP contribution is -2.05. The van der Waals surface area contributed by atoms with Crippen LogP contribution in [-0.4, -0.2) is 6.10 Å². The number of ether oxygens (including phenoxy) is 1. The third kappa shape index (κ3) is 3.01. The summed E-state index contributed by atoms with van der Waals surface area (Å²) in [5.74, 6) is 1.62. The zero-order chi connectivity index (χ0) is 15.0. The lowest BCUT2D eigenvalue weighted by molar-refractivity contribution is 0.254. The molecule has 110 valence electrons. The van der Waals surface area contributed by atoms with Crippen LogP contribution in [0.2, 0.25) is 0 Å². The normalized spacial score (nSPS) is 18.4. The smallest absolute Gasteiger partial charge is 0.123 e. The highest BCUT2D eigenvalue weighted by molar-refractivity contribution is 9.09. The van der Waals surface area contributed by atoms with E-state index >= 15 is 0 Å². The summed E-state index contributed by atoms with van der Waals surface area (Å²) in [7, 11) is 0. The Balaban J connectivity index is 1.85. The van der Waals surface area contributed by atoms with Crippen LogP contribution in [0.3, 0.4) is 0 Å². The van der Waals surface area contributed by atoms with Gasteiger partial charge in [0.15, 0.2) is 0 Å². The predicted molar refractivity (Wildman–Crippen MR) is 91.5 cm³/mol. The Kier molecular flexibility index (Phi) is 4.08. The Morgan fingerprint density at radius 2 is 1.62 bits per heavy atom. The van der Waals surface area contributed by atoms with E-state index in [-0.39, 0.29) is 4.83 Å². The lowest BCUT2D eigenvalue weighted by Gasteiger charge is -2.13. The minimum absolute atomic E-state index is 0.236. The molecule has 1 aliphatic heterocycles. The third-order valence-corrected chi connectivity index (χ3v) is 5.17. The van der Waals surface area contributed by atoms with E-state index in [4.69, 9.17) is 4.74 Å². The molecule has 0 fully saturated rings. The molecule has 0 bridgehead atoms. The van der Waals surface area contributed by atoms with Crippen molar-refractivity contribution in [3.8, 4) is 5.75 Å². The van der Waals surface area contributed by atoms with Crippen molar-refractivity contribution >= 4 is 15.9 Å². The molecule has 1 aliphatic rings. The number of fused-ring (bicyclic) bond motifs is 1. The molecule has 0 saturated carbocycles. The van der Waals surface area contributed by atoms with Crippen molar-refractivity contribution in [3.63, 3.8) is 0 Å². The van der Waals surface area contributed by atoms with E-state index in [2.05, 4.69) is 79.2 Å². The van der Waals surface area contributed by atoms with Crippen LogP contribution in [-0.2, 0) is 6.42 Å². The maximum atomic E-state index is 5.77. The first kappa shape index (κ1) is 14.6. The second kappa shape index (κ2) is 5.84. The first-order valence-electron chi connectivity index (χ1n) is 7.58. The first-order valence-corrected chi connectivity index (χ1v) is 8.49. The van der Waals surface area contributed by atoms with E-state index in [1.54, 1.807) is 0 Å². The topological polar surface area (TPSA) is 9.23 Å². The van der Waals surface area contributed by atoms with Gasteiger partial charge < -0.3 is 4.74 Å². The van der Waals surface area contributed by atoms with Gasteiger partial charge in [0.2, 0.25) is 0 Å². The number of hydrogen-bond acceptors (Lipinski definition) is 1. The van der Waals surface area contributed by atoms with Gasteiger partial charge in [-0.3, -0.25) is 0 Å². The summed E-state index contributed by atoms with van der Waals surface area (Å²) in [5, 5.41) is 0. The summed E-state index contributed by atoms with van der Waals surface area (Å²) >= 11 is 3.84. The van der Waals surface area contributed by atoms with Gasteiger partial charge >= 0.3 is 0 Å². The van der Waals surface area contributed by atoms with Gasteiger partial charge in [-0.1, -0.05) is 66.2 Å². The molecule has 0 spiro atoms. The van der Waals surface area contributed by atoms with Crippen molar-refractivity contribution in [2.24, 2.45) is 0 Å². The third-order valence-electron chi connectivity index (χ3n) is 4.11.